The Bertz CT molecular complexity index is 399. The van der Waals surface area contributed by atoms with Gasteiger partial charge in [0.05, 0.1) is 7.11 Å². The molecule has 2 N–H and O–H groups in total. The van der Waals surface area contributed by atoms with E-state index in [1.165, 1.54) is 6.42 Å². The van der Waals surface area contributed by atoms with Crippen LogP contribution in [0.15, 0.2) is 24.3 Å². The molecule has 18 heavy (non-hydrogen) atoms. The van der Waals surface area contributed by atoms with Crippen LogP contribution in [-0.4, -0.2) is 37.0 Å². The van der Waals surface area contributed by atoms with Crippen molar-refractivity contribution in [3.8, 4) is 5.75 Å². The summed E-state index contributed by atoms with van der Waals surface area (Å²) in [5, 5.41) is 0. The molecule has 1 aromatic carbocycles. The van der Waals surface area contributed by atoms with Crippen LogP contribution < -0.4 is 10.5 Å². The van der Waals surface area contributed by atoms with E-state index < -0.39 is 0 Å². The van der Waals surface area contributed by atoms with Gasteiger partial charge in [-0.05, 0) is 43.5 Å². The molecule has 0 aliphatic heterocycles. The van der Waals surface area contributed by atoms with Gasteiger partial charge in [0, 0.05) is 24.7 Å². The van der Waals surface area contributed by atoms with Gasteiger partial charge in [-0.2, -0.15) is 0 Å². The third kappa shape index (κ3) is 2.64. The van der Waals surface area contributed by atoms with Crippen molar-refractivity contribution in [3.05, 3.63) is 29.8 Å². The first-order chi connectivity index (χ1) is 8.76. The second-order valence-corrected chi connectivity index (χ2v) is 4.60. The summed E-state index contributed by atoms with van der Waals surface area (Å²) in [6.07, 6.45) is 3.41. The van der Waals surface area contributed by atoms with Crippen LogP contribution in [0, 0.1) is 0 Å². The fourth-order valence-corrected chi connectivity index (χ4v) is 2.19. The average molecular weight is 248 g/mol. The van der Waals surface area contributed by atoms with Crippen molar-refractivity contribution in [2.45, 2.75) is 25.3 Å². The predicted octanol–water partition coefficient (Wildman–Crippen LogP) is 1.65. The highest BCUT2D eigenvalue weighted by Gasteiger charge is 2.28. The second kappa shape index (κ2) is 5.87. The minimum Gasteiger partial charge on any atom is -0.497 e. The summed E-state index contributed by atoms with van der Waals surface area (Å²) >= 11 is 0. The standard InChI is InChI=1S/C14H20N2O2/c1-18-13-7-5-11(6-8-13)14(17)16(10-9-15)12-3-2-4-12/h5-8,12H,2-4,9-10,15H2,1H3. The molecule has 0 heterocycles. The van der Waals surface area contributed by atoms with Crippen LogP contribution in [0.1, 0.15) is 29.6 Å². The number of hydrogen-bond donors (Lipinski definition) is 1. The molecule has 0 unspecified atom stereocenters. The largest absolute Gasteiger partial charge is 0.497 e. The van der Waals surface area contributed by atoms with Crippen LogP contribution in [0.4, 0.5) is 0 Å². The lowest BCUT2D eigenvalue weighted by atomic mass is 9.91. The lowest BCUT2D eigenvalue weighted by molar-refractivity contribution is 0.0588. The maximum Gasteiger partial charge on any atom is 0.254 e. The number of benzene rings is 1. The smallest absolute Gasteiger partial charge is 0.254 e. The number of methoxy groups -OCH3 is 1. The summed E-state index contributed by atoms with van der Waals surface area (Å²) < 4.78 is 5.09. The van der Waals surface area contributed by atoms with Gasteiger partial charge >= 0.3 is 0 Å². The molecule has 0 bridgehead atoms. The first kappa shape index (κ1) is 12.9. The van der Waals surface area contributed by atoms with E-state index in [2.05, 4.69) is 0 Å². The van der Waals surface area contributed by atoms with Gasteiger partial charge < -0.3 is 15.4 Å². The number of rotatable bonds is 5. The summed E-state index contributed by atoms with van der Waals surface area (Å²) in [7, 11) is 1.62. The molecule has 1 aliphatic rings. The highest BCUT2D eigenvalue weighted by molar-refractivity contribution is 5.94. The highest BCUT2D eigenvalue weighted by atomic mass is 16.5. The zero-order chi connectivity index (χ0) is 13.0. The maximum absolute atomic E-state index is 12.4. The van der Waals surface area contributed by atoms with E-state index in [1.807, 2.05) is 29.2 Å². The van der Waals surface area contributed by atoms with Crippen molar-refractivity contribution in [2.24, 2.45) is 5.73 Å². The third-order valence-electron chi connectivity index (χ3n) is 3.48. The lowest BCUT2D eigenvalue weighted by Gasteiger charge is -2.37. The van der Waals surface area contributed by atoms with Crippen LogP contribution in [-0.2, 0) is 0 Å². The van der Waals surface area contributed by atoms with Gasteiger partial charge in [0.15, 0.2) is 0 Å². The van der Waals surface area contributed by atoms with E-state index in [4.69, 9.17) is 10.5 Å². The molecular weight excluding hydrogens is 228 g/mol. The second-order valence-electron chi connectivity index (χ2n) is 4.60. The molecule has 2 rings (SSSR count). The van der Waals surface area contributed by atoms with Crippen molar-refractivity contribution in [1.29, 1.82) is 0 Å². The number of nitrogens with two attached hydrogens (primary N) is 1. The third-order valence-corrected chi connectivity index (χ3v) is 3.48. The summed E-state index contributed by atoms with van der Waals surface area (Å²) in [6.45, 7) is 1.15. The molecule has 0 spiro atoms. The Balaban J connectivity index is 2.10. The summed E-state index contributed by atoms with van der Waals surface area (Å²) in [6, 6.07) is 7.62. The first-order valence-corrected chi connectivity index (χ1v) is 6.41. The molecule has 1 aliphatic carbocycles. The Kier molecular flexibility index (Phi) is 4.20. The average Bonchev–Trinajstić information content (AvgIpc) is 2.35. The Morgan fingerprint density at radius 2 is 2.06 bits per heavy atom. The number of carbonyl (C=O) groups excluding carboxylic acids is 1. The molecule has 0 radical (unpaired) electrons. The van der Waals surface area contributed by atoms with E-state index in [0.29, 0.717) is 24.7 Å². The summed E-state index contributed by atoms with van der Waals surface area (Å²) in [5.41, 5.74) is 6.30. The van der Waals surface area contributed by atoms with Crippen molar-refractivity contribution in [1.82, 2.24) is 4.90 Å². The van der Waals surface area contributed by atoms with Crippen molar-refractivity contribution in [2.75, 3.05) is 20.2 Å². The summed E-state index contributed by atoms with van der Waals surface area (Å²) in [5.74, 6) is 0.841. The molecule has 4 heteroatoms. The Morgan fingerprint density at radius 3 is 2.50 bits per heavy atom. The van der Waals surface area contributed by atoms with Crippen molar-refractivity contribution < 1.29 is 9.53 Å². The van der Waals surface area contributed by atoms with Crippen LogP contribution in [0.25, 0.3) is 0 Å². The molecule has 1 fully saturated rings. The molecule has 1 saturated carbocycles. The number of nitrogens with zero attached hydrogens (tertiary/aromatic N) is 1. The van der Waals surface area contributed by atoms with E-state index in [0.717, 1.165) is 18.6 Å². The minimum absolute atomic E-state index is 0.0767. The summed E-state index contributed by atoms with van der Waals surface area (Å²) in [4.78, 5) is 14.3. The minimum atomic E-state index is 0.0767. The van der Waals surface area contributed by atoms with Gasteiger partial charge in [-0.1, -0.05) is 0 Å². The van der Waals surface area contributed by atoms with Gasteiger partial charge in [0.25, 0.3) is 5.91 Å². The van der Waals surface area contributed by atoms with Crippen LogP contribution in [0.3, 0.4) is 0 Å². The first-order valence-electron chi connectivity index (χ1n) is 6.41. The highest BCUT2D eigenvalue weighted by Crippen LogP contribution is 2.26. The molecule has 1 aromatic rings. The van der Waals surface area contributed by atoms with Gasteiger partial charge in [0.1, 0.15) is 5.75 Å². The fraction of sp³-hybridized carbons (Fsp3) is 0.500. The van der Waals surface area contributed by atoms with Crippen molar-refractivity contribution >= 4 is 5.91 Å². The number of ether oxygens (including phenoxy) is 1. The lowest BCUT2D eigenvalue weighted by Crippen LogP contribution is -2.46. The van der Waals surface area contributed by atoms with Gasteiger partial charge in [0.2, 0.25) is 0 Å². The van der Waals surface area contributed by atoms with Gasteiger partial charge in [-0.15, -0.1) is 0 Å². The van der Waals surface area contributed by atoms with E-state index >= 15 is 0 Å². The predicted molar refractivity (Wildman–Crippen MR) is 70.7 cm³/mol. The van der Waals surface area contributed by atoms with E-state index in [1.54, 1.807) is 7.11 Å². The zero-order valence-corrected chi connectivity index (χ0v) is 10.8. The monoisotopic (exact) mass is 248 g/mol. The molecule has 0 saturated heterocycles. The van der Waals surface area contributed by atoms with Crippen LogP contribution in [0.5, 0.6) is 5.75 Å². The number of carbonyl (C=O) groups is 1. The number of hydrogen-bond acceptors (Lipinski definition) is 3. The molecule has 4 nitrogen and oxygen atoms in total. The Hall–Kier alpha value is -1.55. The zero-order valence-electron chi connectivity index (χ0n) is 10.8. The van der Waals surface area contributed by atoms with Gasteiger partial charge in [-0.25, -0.2) is 0 Å². The van der Waals surface area contributed by atoms with Crippen LogP contribution in [0.2, 0.25) is 0 Å². The molecule has 0 aromatic heterocycles. The van der Waals surface area contributed by atoms with E-state index in [-0.39, 0.29) is 5.91 Å². The van der Waals surface area contributed by atoms with E-state index in [9.17, 15) is 4.79 Å². The number of amides is 1. The molecule has 0 atom stereocenters. The Morgan fingerprint density at radius 1 is 1.39 bits per heavy atom. The maximum atomic E-state index is 12.4. The molecule has 1 amide bonds. The van der Waals surface area contributed by atoms with Crippen molar-refractivity contribution in [3.63, 3.8) is 0 Å². The molecule has 98 valence electrons. The topological polar surface area (TPSA) is 55.6 Å². The Labute approximate surface area is 108 Å². The SMILES string of the molecule is COc1ccc(C(=O)N(CCN)C2CCC2)cc1. The fourth-order valence-electron chi connectivity index (χ4n) is 2.19. The van der Waals surface area contributed by atoms with Crippen LogP contribution >= 0.6 is 0 Å². The molecular formula is C14H20N2O2. The van der Waals surface area contributed by atoms with Gasteiger partial charge in [-0.3, -0.25) is 4.79 Å². The quantitative estimate of drug-likeness (QED) is 0.862. The normalized spacial score (nSPS) is 15.0.